The Morgan fingerprint density at radius 3 is 2.85 bits per heavy atom. The van der Waals surface area contributed by atoms with Crippen LogP contribution >= 0.6 is 0 Å². The largest absolute Gasteiger partial charge is 0.458 e. The van der Waals surface area contributed by atoms with Crippen molar-refractivity contribution in [3.8, 4) is 0 Å². The predicted molar refractivity (Wildman–Crippen MR) is 74.7 cm³/mol. The zero-order chi connectivity index (χ0) is 14.5. The van der Waals surface area contributed by atoms with Gasteiger partial charge >= 0.3 is 5.97 Å². The monoisotopic (exact) mass is 281 g/mol. The van der Waals surface area contributed by atoms with Crippen molar-refractivity contribution in [3.63, 3.8) is 0 Å². The Labute approximate surface area is 119 Å². The minimum Gasteiger partial charge on any atom is -0.458 e. The summed E-state index contributed by atoms with van der Waals surface area (Å²) in [5.41, 5.74) is 1.36. The van der Waals surface area contributed by atoms with Crippen LogP contribution in [0.4, 0.5) is 0 Å². The van der Waals surface area contributed by atoms with E-state index in [9.17, 15) is 4.79 Å². The summed E-state index contributed by atoms with van der Waals surface area (Å²) in [6.07, 6.45) is 2.32. The number of morpholine rings is 1. The number of carbonyl (C=O) groups excluding carboxylic acids is 1. The van der Waals surface area contributed by atoms with E-state index in [1.54, 1.807) is 10.9 Å². The molecule has 0 aromatic carbocycles. The highest BCUT2D eigenvalue weighted by atomic mass is 16.5. The van der Waals surface area contributed by atoms with Crippen LogP contribution in [-0.4, -0.2) is 59.6 Å². The highest BCUT2D eigenvalue weighted by molar-refractivity contribution is 5.90. The second-order valence-electron chi connectivity index (χ2n) is 5.15. The zero-order valence-electron chi connectivity index (χ0n) is 12.5. The molecule has 0 amide bonds. The maximum absolute atomic E-state index is 12.2. The molecule has 1 aliphatic rings. The van der Waals surface area contributed by atoms with Crippen LogP contribution < -0.4 is 0 Å². The summed E-state index contributed by atoms with van der Waals surface area (Å²) in [5, 5.41) is 4.26. The molecule has 1 atom stereocenters. The van der Waals surface area contributed by atoms with Gasteiger partial charge < -0.3 is 9.47 Å². The lowest BCUT2D eigenvalue weighted by atomic mass is 10.2. The Morgan fingerprint density at radius 2 is 2.20 bits per heavy atom. The molecule has 20 heavy (non-hydrogen) atoms. The molecular formula is C14H23N3O3. The molecule has 1 unspecified atom stereocenters. The molecule has 6 heteroatoms. The number of rotatable bonds is 5. The van der Waals surface area contributed by atoms with Crippen molar-refractivity contribution in [1.29, 1.82) is 0 Å². The van der Waals surface area contributed by atoms with E-state index < -0.39 is 0 Å². The molecule has 1 aromatic rings. The lowest BCUT2D eigenvalue weighted by Crippen LogP contribution is -2.41. The normalized spacial score (nSPS) is 17.9. The highest BCUT2D eigenvalue weighted by Gasteiger charge is 2.20. The van der Waals surface area contributed by atoms with Gasteiger partial charge in [0.05, 0.1) is 18.9 Å². The van der Waals surface area contributed by atoms with Crippen LogP contribution in [0, 0.1) is 0 Å². The number of carbonyl (C=O) groups is 1. The Kier molecular flexibility index (Phi) is 5.14. The highest BCUT2D eigenvalue weighted by Crippen LogP contribution is 2.11. The summed E-state index contributed by atoms with van der Waals surface area (Å²) in [6.45, 7) is 7.96. The first-order valence-electron chi connectivity index (χ1n) is 7.13. The molecule has 1 aromatic heterocycles. The molecule has 0 saturated carbocycles. The van der Waals surface area contributed by atoms with Gasteiger partial charge in [-0.25, -0.2) is 4.79 Å². The molecule has 112 valence electrons. The second-order valence-corrected chi connectivity index (χ2v) is 5.15. The summed E-state index contributed by atoms with van der Waals surface area (Å²) in [7, 11) is 1.81. The van der Waals surface area contributed by atoms with Gasteiger partial charge in [-0.15, -0.1) is 0 Å². The van der Waals surface area contributed by atoms with E-state index in [2.05, 4.69) is 10.00 Å². The molecular weight excluding hydrogens is 258 g/mol. The van der Waals surface area contributed by atoms with Crippen LogP contribution in [-0.2, 0) is 22.9 Å². The van der Waals surface area contributed by atoms with E-state index >= 15 is 0 Å². The SMILES string of the molecule is CCc1nn(C)cc1C(=O)OC(C)CN1CCOCC1. The summed E-state index contributed by atoms with van der Waals surface area (Å²) in [5.74, 6) is -0.282. The maximum Gasteiger partial charge on any atom is 0.341 e. The first-order chi connectivity index (χ1) is 9.60. The number of nitrogens with zero attached hydrogens (tertiary/aromatic N) is 3. The van der Waals surface area contributed by atoms with Gasteiger partial charge in [0.1, 0.15) is 11.7 Å². The summed E-state index contributed by atoms with van der Waals surface area (Å²) in [6, 6.07) is 0. The number of hydrogen-bond acceptors (Lipinski definition) is 5. The fraction of sp³-hybridized carbons (Fsp3) is 0.714. The second kappa shape index (κ2) is 6.85. The molecule has 1 aliphatic heterocycles. The van der Waals surface area contributed by atoms with Crippen molar-refractivity contribution in [2.24, 2.45) is 7.05 Å². The van der Waals surface area contributed by atoms with E-state index in [0.717, 1.165) is 45.0 Å². The standard InChI is InChI=1S/C14H23N3O3/c1-4-13-12(10-16(3)15-13)14(18)20-11(2)9-17-5-7-19-8-6-17/h10-11H,4-9H2,1-3H3. The van der Waals surface area contributed by atoms with Gasteiger partial charge in [-0.05, 0) is 13.3 Å². The molecule has 2 rings (SSSR count). The molecule has 0 bridgehead atoms. The fourth-order valence-electron chi connectivity index (χ4n) is 2.40. The summed E-state index contributed by atoms with van der Waals surface area (Å²) < 4.78 is 12.5. The van der Waals surface area contributed by atoms with Crippen LogP contribution in [0.5, 0.6) is 0 Å². The Bertz CT molecular complexity index is 453. The number of esters is 1. The first-order valence-corrected chi connectivity index (χ1v) is 7.13. The van der Waals surface area contributed by atoms with Crippen molar-refractivity contribution in [1.82, 2.24) is 14.7 Å². The topological polar surface area (TPSA) is 56.6 Å². The lowest BCUT2D eigenvalue weighted by molar-refractivity contribution is 0.000389. The van der Waals surface area contributed by atoms with Crippen LogP contribution in [0.15, 0.2) is 6.20 Å². The van der Waals surface area contributed by atoms with Crippen molar-refractivity contribution in [2.45, 2.75) is 26.4 Å². The number of aromatic nitrogens is 2. The summed E-state index contributed by atoms with van der Waals surface area (Å²) >= 11 is 0. The molecule has 0 spiro atoms. The number of aryl methyl sites for hydroxylation is 2. The van der Waals surface area contributed by atoms with Gasteiger partial charge in [0.15, 0.2) is 0 Å². The van der Waals surface area contributed by atoms with E-state index in [1.165, 1.54) is 0 Å². The van der Waals surface area contributed by atoms with E-state index in [-0.39, 0.29) is 12.1 Å². The third-order valence-electron chi connectivity index (χ3n) is 3.39. The van der Waals surface area contributed by atoms with Crippen molar-refractivity contribution >= 4 is 5.97 Å². The predicted octanol–water partition coefficient (Wildman–Crippen LogP) is 0.860. The number of ether oxygens (including phenoxy) is 2. The van der Waals surface area contributed by atoms with Gasteiger partial charge in [0.25, 0.3) is 0 Å². The third-order valence-corrected chi connectivity index (χ3v) is 3.39. The van der Waals surface area contributed by atoms with E-state index in [4.69, 9.17) is 9.47 Å². The average Bonchev–Trinajstić information content (AvgIpc) is 2.81. The third kappa shape index (κ3) is 3.80. The average molecular weight is 281 g/mol. The van der Waals surface area contributed by atoms with Crippen LogP contribution in [0.1, 0.15) is 29.9 Å². The van der Waals surface area contributed by atoms with E-state index in [1.807, 2.05) is 20.9 Å². The van der Waals surface area contributed by atoms with Gasteiger partial charge in [0, 0.05) is 32.9 Å². The van der Waals surface area contributed by atoms with Crippen molar-refractivity contribution in [2.75, 3.05) is 32.8 Å². The molecule has 2 heterocycles. The number of hydrogen-bond donors (Lipinski definition) is 0. The fourth-order valence-corrected chi connectivity index (χ4v) is 2.40. The summed E-state index contributed by atoms with van der Waals surface area (Å²) in [4.78, 5) is 14.4. The Balaban J connectivity index is 1.89. The minimum atomic E-state index is -0.282. The van der Waals surface area contributed by atoms with Crippen LogP contribution in [0.25, 0.3) is 0 Å². The zero-order valence-corrected chi connectivity index (χ0v) is 12.5. The molecule has 6 nitrogen and oxygen atoms in total. The molecule has 1 saturated heterocycles. The van der Waals surface area contributed by atoms with Gasteiger partial charge in [-0.3, -0.25) is 9.58 Å². The van der Waals surface area contributed by atoms with Gasteiger partial charge in [-0.2, -0.15) is 5.10 Å². The molecule has 0 N–H and O–H groups in total. The van der Waals surface area contributed by atoms with Crippen molar-refractivity contribution < 1.29 is 14.3 Å². The Morgan fingerprint density at radius 1 is 1.50 bits per heavy atom. The Hall–Kier alpha value is -1.40. The molecule has 1 fully saturated rings. The quantitative estimate of drug-likeness (QED) is 0.749. The van der Waals surface area contributed by atoms with E-state index in [0.29, 0.717) is 5.56 Å². The first kappa shape index (κ1) is 15.0. The van der Waals surface area contributed by atoms with Crippen molar-refractivity contribution in [3.05, 3.63) is 17.5 Å². The van der Waals surface area contributed by atoms with Crippen LogP contribution in [0.3, 0.4) is 0 Å². The smallest absolute Gasteiger partial charge is 0.341 e. The molecule has 0 radical (unpaired) electrons. The maximum atomic E-state index is 12.2. The van der Waals surface area contributed by atoms with Gasteiger partial charge in [0.2, 0.25) is 0 Å². The van der Waals surface area contributed by atoms with Crippen LogP contribution in [0.2, 0.25) is 0 Å². The van der Waals surface area contributed by atoms with Gasteiger partial charge in [-0.1, -0.05) is 6.92 Å². The minimum absolute atomic E-state index is 0.134. The lowest BCUT2D eigenvalue weighted by Gasteiger charge is -2.28. The molecule has 0 aliphatic carbocycles.